The molecule has 2 unspecified atom stereocenters. The fraction of sp³-hybridized carbons (Fsp3) is 0.857. The van der Waals surface area contributed by atoms with Crippen molar-refractivity contribution in [3.63, 3.8) is 0 Å². The first-order chi connectivity index (χ1) is 10.1. The number of piperidine rings is 1. The van der Waals surface area contributed by atoms with Crippen molar-refractivity contribution in [1.82, 2.24) is 10.2 Å². The van der Waals surface area contributed by atoms with Gasteiger partial charge in [0.25, 0.3) is 0 Å². The molecule has 2 aliphatic rings. The number of hydrogen-bond donors (Lipinski definition) is 2. The minimum absolute atomic E-state index is 0.00666. The third-order valence-corrected chi connectivity index (χ3v) is 4.12. The van der Waals surface area contributed by atoms with Crippen molar-refractivity contribution >= 4 is 11.8 Å². The molecule has 3 N–H and O–H groups in total. The van der Waals surface area contributed by atoms with E-state index >= 15 is 0 Å². The lowest BCUT2D eigenvalue weighted by Gasteiger charge is -2.32. The van der Waals surface area contributed by atoms with Crippen LogP contribution in [-0.4, -0.2) is 68.3 Å². The van der Waals surface area contributed by atoms with E-state index in [2.05, 4.69) is 5.32 Å². The molecule has 2 atom stereocenters. The molecule has 0 saturated carbocycles. The summed E-state index contributed by atoms with van der Waals surface area (Å²) in [4.78, 5) is 25.6. The van der Waals surface area contributed by atoms with Gasteiger partial charge in [-0.2, -0.15) is 0 Å². The van der Waals surface area contributed by atoms with Crippen molar-refractivity contribution in [3.8, 4) is 0 Å². The number of carbonyl (C=O) groups is 2. The Balaban J connectivity index is 1.71. The fourth-order valence-electron chi connectivity index (χ4n) is 2.85. The van der Waals surface area contributed by atoms with Crippen molar-refractivity contribution < 1.29 is 19.1 Å². The molecule has 120 valence electrons. The van der Waals surface area contributed by atoms with Gasteiger partial charge in [-0.3, -0.25) is 9.59 Å². The summed E-state index contributed by atoms with van der Waals surface area (Å²) in [6.45, 7) is 1.89. The van der Waals surface area contributed by atoms with E-state index in [0.29, 0.717) is 19.6 Å². The predicted molar refractivity (Wildman–Crippen MR) is 76.6 cm³/mol. The van der Waals surface area contributed by atoms with Crippen LogP contribution in [0.4, 0.5) is 0 Å². The number of hydrogen-bond acceptors (Lipinski definition) is 5. The number of amides is 2. The first-order valence-corrected chi connectivity index (χ1v) is 7.56. The van der Waals surface area contributed by atoms with Gasteiger partial charge in [-0.25, -0.2) is 0 Å². The first-order valence-electron chi connectivity index (χ1n) is 7.56. The number of methoxy groups -OCH3 is 1. The number of nitrogens with two attached hydrogens (primary N) is 1. The smallest absolute Gasteiger partial charge is 0.249 e. The average molecular weight is 299 g/mol. The van der Waals surface area contributed by atoms with Gasteiger partial charge in [-0.05, 0) is 25.7 Å². The molecule has 0 spiro atoms. The summed E-state index contributed by atoms with van der Waals surface area (Å²) in [6.07, 6.45) is 2.76. The van der Waals surface area contributed by atoms with E-state index in [1.54, 1.807) is 4.90 Å². The van der Waals surface area contributed by atoms with E-state index in [9.17, 15) is 9.59 Å². The summed E-state index contributed by atoms with van der Waals surface area (Å²) in [7, 11) is 1.51. The summed E-state index contributed by atoms with van der Waals surface area (Å²) in [5.74, 6) is -0.0418. The van der Waals surface area contributed by atoms with E-state index < -0.39 is 0 Å². The van der Waals surface area contributed by atoms with Gasteiger partial charge in [0, 0.05) is 32.8 Å². The molecule has 21 heavy (non-hydrogen) atoms. The quantitative estimate of drug-likeness (QED) is 0.696. The standard InChI is InChI=1S/C14H25N3O4/c1-20-9-13(18)17-6-4-10(5-7-17)16-14(19)12-3-2-11(8-15)21-12/h10-12H,2-9,15H2,1H3,(H,16,19). The van der Waals surface area contributed by atoms with Crippen molar-refractivity contribution in [2.24, 2.45) is 5.73 Å². The lowest BCUT2D eigenvalue weighted by Crippen LogP contribution is -2.49. The SMILES string of the molecule is COCC(=O)N1CCC(NC(=O)C2CCC(CN)O2)CC1. The normalized spacial score (nSPS) is 26.9. The highest BCUT2D eigenvalue weighted by molar-refractivity contribution is 5.81. The maximum absolute atomic E-state index is 12.1. The fourth-order valence-corrected chi connectivity index (χ4v) is 2.85. The largest absolute Gasteiger partial charge is 0.375 e. The van der Waals surface area contributed by atoms with E-state index in [-0.39, 0.29) is 36.7 Å². The van der Waals surface area contributed by atoms with E-state index in [4.69, 9.17) is 15.2 Å². The number of rotatable bonds is 5. The van der Waals surface area contributed by atoms with Gasteiger partial charge in [-0.1, -0.05) is 0 Å². The minimum atomic E-state index is -0.369. The lowest BCUT2D eigenvalue weighted by atomic mass is 10.0. The van der Waals surface area contributed by atoms with Gasteiger partial charge < -0.3 is 25.4 Å². The number of nitrogens with one attached hydrogen (secondary N) is 1. The second-order valence-electron chi connectivity index (χ2n) is 5.66. The molecule has 0 bridgehead atoms. The Kier molecular flexibility index (Phi) is 5.96. The van der Waals surface area contributed by atoms with Crippen LogP contribution in [0.25, 0.3) is 0 Å². The average Bonchev–Trinajstić information content (AvgIpc) is 2.97. The van der Waals surface area contributed by atoms with Gasteiger partial charge in [0.15, 0.2) is 0 Å². The van der Waals surface area contributed by atoms with Crippen molar-refractivity contribution in [2.75, 3.05) is 33.4 Å². The maximum atomic E-state index is 12.1. The summed E-state index contributed by atoms with van der Waals surface area (Å²) in [5, 5.41) is 3.02. The molecule has 0 aliphatic carbocycles. The molecule has 7 heteroatoms. The molecule has 2 heterocycles. The zero-order valence-electron chi connectivity index (χ0n) is 12.5. The topological polar surface area (TPSA) is 93.9 Å². The second kappa shape index (κ2) is 7.72. The Labute approximate surface area is 125 Å². The van der Waals surface area contributed by atoms with E-state index in [1.807, 2.05) is 0 Å². The molecule has 0 aromatic heterocycles. The summed E-state index contributed by atoms with van der Waals surface area (Å²) in [6, 6.07) is 0.115. The molecule has 0 aromatic carbocycles. The van der Waals surface area contributed by atoms with Gasteiger partial charge in [0.1, 0.15) is 12.7 Å². The van der Waals surface area contributed by atoms with E-state index in [1.165, 1.54) is 7.11 Å². The van der Waals surface area contributed by atoms with Crippen LogP contribution < -0.4 is 11.1 Å². The molecule has 2 aliphatic heterocycles. The van der Waals surface area contributed by atoms with Crippen LogP contribution in [0.3, 0.4) is 0 Å². The lowest BCUT2D eigenvalue weighted by molar-refractivity contribution is -0.136. The first kappa shape index (κ1) is 16.2. The molecule has 2 saturated heterocycles. The minimum Gasteiger partial charge on any atom is -0.375 e. The number of nitrogens with zero attached hydrogens (tertiary/aromatic N) is 1. The Bertz CT molecular complexity index is 369. The van der Waals surface area contributed by atoms with Gasteiger partial charge in [0.05, 0.1) is 6.10 Å². The molecule has 0 radical (unpaired) electrons. The summed E-state index contributed by atoms with van der Waals surface area (Å²) < 4.78 is 10.4. The van der Waals surface area contributed by atoms with Crippen molar-refractivity contribution in [3.05, 3.63) is 0 Å². The van der Waals surface area contributed by atoms with Crippen LogP contribution in [0.5, 0.6) is 0 Å². The zero-order valence-corrected chi connectivity index (χ0v) is 12.5. The molecule has 0 aromatic rings. The second-order valence-corrected chi connectivity index (χ2v) is 5.66. The van der Waals surface area contributed by atoms with Crippen LogP contribution >= 0.6 is 0 Å². The zero-order chi connectivity index (χ0) is 15.2. The highest BCUT2D eigenvalue weighted by Crippen LogP contribution is 2.20. The third-order valence-electron chi connectivity index (χ3n) is 4.12. The Morgan fingerprint density at radius 2 is 2.00 bits per heavy atom. The Hall–Kier alpha value is -1.18. The monoisotopic (exact) mass is 299 g/mol. The van der Waals surface area contributed by atoms with Crippen molar-refractivity contribution in [2.45, 2.75) is 43.9 Å². The van der Waals surface area contributed by atoms with Crippen LogP contribution in [-0.2, 0) is 19.1 Å². The van der Waals surface area contributed by atoms with Gasteiger partial charge in [0.2, 0.25) is 11.8 Å². The third kappa shape index (κ3) is 4.39. The Morgan fingerprint density at radius 1 is 1.29 bits per heavy atom. The molecular formula is C14H25N3O4. The molecule has 2 amide bonds. The van der Waals surface area contributed by atoms with Gasteiger partial charge in [-0.15, -0.1) is 0 Å². The number of ether oxygens (including phenoxy) is 2. The van der Waals surface area contributed by atoms with Crippen LogP contribution in [0.2, 0.25) is 0 Å². The summed E-state index contributed by atoms with van der Waals surface area (Å²) >= 11 is 0. The number of carbonyl (C=O) groups excluding carboxylic acids is 2. The molecule has 2 rings (SSSR count). The predicted octanol–water partition coefficient (Wildman–Crippen LogP) is -0.754. The van der Waals surface area contributed by atoms with Gasteiger partial charge >= 0.3 is 0 Å². The van der Waals surface area contributed by atoms with Crippen molar-refractivity contribution in [1.29, 1.82) is 0 Å². The van der Waals surface area contributed by atoms with Crippen LogP contribution in [0, 0.1) is 0 Å². The summed E-state index contributed by atoms with van der Waals surface area (Å²) in [5.41, 5.74) is 5.54. The molecule has 2 fully saturated rings. The highest BCUT2D eigenvalue weighted by atomic mass is 16.5. The van der Waals surface area contributed by atoms with Crippen LogP contribution in [0.1, 0.15) is 25.7 Å². The Morgan fingerprint density at radius 3 is 2.57 bits per heavy atom. The maximum Gasteiger partial charge on any atom is 0.249 e. The highest BCUT2D eigenvalue weighted by Gasteiger charge is 2.32. The number of likely N-dealkylation sites (tertiary alicyclic amines) is 1. The van der Waals surface area contributed by atoms with E-state index in [0.717, 1.165) is 25.7 Å². The molecular weight excluding hydrogens is 274 g/mol. The van der Waals surface area contributed by atoms with Crippen LogP contribution in [0.15, 0.2) is 0 Å². The molecule has 7 nitrogen and oxygen atoms in total.